The van der Waals surface area contributed by atoms with Gasteiger partial charge in [0.15, 0.2) is 0 Å². The molecule has 1 saturated carbocycles. The molecule has 5 nitrogen and oxygen atoms in total. The van der Waals surface area contributed by atoms with Crippen LogP contribution in [0.4, 0.5) is 0 Å². The maximum Gasteiger partial charge on any atom is 0.248 e. The molecule has 0 radical (unpaired) electrons. The van der Waals surface area contributed by atoms with Crippen molar-refractivity contribution in [2.24, 2.45) is 0 Å². The minimum Gasteiger partial charge on any atom is -0.394 e. The van der Waals surface area contributed by atoms with Gasteiger partial charge in [0.1, 0.15) is 5.54 Å². The number of amides is 1. The molecule has 0 spiro atoms. The number of hydrogen-bond acceptors (Lipinski definition) is 3. The predicted molar refractivity (Wildman–Crippen MR) is 66.3 cm³/mol. The molecule has 0 saturated heterocycles. The molecule has 2 rings (SSSR count). The number of aromatic nitrogens is 2. The van der Waals surface area contributed by atoms with Crippen molar-refractivity contribution >= 4 is 21.8 Å². The average Bonchev–Trinajstić information content (AvgIpc) is 3.03. The molecular formula is C11H14BrN3O2. The van der Waals surface area contributed by atoms with Gasteiger partial charge < -0.3 is 10.4 Å². The van der Waals surface area contributed by atoms with Gasteiger partial charge in [0.2, 0.25) is 5.91 Å². The third-order valence-electron chi connectivity index (χ3n) is 2.93. The molecule has 1 aliphatic rings. The van der Waals surface area contributed by atoms with E-state index in [-0.39, 0.29) is 12.5 Å². The Labute approximate surface area is 108 Å². The first-order valence-corrected chi connectivity index (χ1v) is 6.17. The lowest BCUT2D eigenvalue weighted by Crippen LogP contribution is -2.44. The summed E-state index contributed by atoms with van der Waals surface area (Å²) in [6.45, 7) is 3.41. The van der Waals surface area contributed by atoms with Crippen LogP contribution in [0.5, 0.6) is 0 Å². The zero-order valence-corrected chi connectivity index (χ0v) is 10.9. The van der Waals surface area contributed by atoms with Gasteiger partial charge in [-0.3, -0.25) is 9.48 Å². The van der Waals surface area contributed by atoms with E-state index in [2.05, 4.69) is 32.9 Å². The van der Waals surface area contributed by atoms with Crippen molar-refractivity contribution in [3.63, 3.8) is 0 Å². The van der Waals surface area contributed by atoms with Crippen molar-refractivity contribution in [1.82, 2.24) is 15.1 Å². The molecule has 0 aromatic carbocycles. The molecule has 6 heteroatoms. The van der Waals surface area contributed by atoms with Crippen molar-refractivity contribution in [1.29, 1.82) is 0 Å². The highest BCUT2D eigenvalue weighted by Crippen LogP contribution is 2.43. The van der Waals surface area contributed by atoms with Crippen molar-refractivity contribution in [2.45, 2.75) is 24.4 Å². The second-order valence-corrected chi connectivity index (χ2v) is 5.05. The molecule has 1 atom stereocenters. The number of rotatable bonds is 5. The molecule has 1 aromatic rings. The first-order valence-electron chi connectivity index (χ1n) is 5.37. The first-order chi connectivity index (χ1) is 8.12. The summed E-state index contributed by atoms with van der Waals surface area (Å²) in [7, 11) is 0. The molecule has 1 aliphatic carbocycles. The van der Waals surface area contributed by atoms with Crippen LogP contribution in [0.25, 0.3) is 0 Å². The Balaban J connectivity index is 2.11. The van der Waals surface area contributed by atoms with Crippen LogP contribution in [0.1, 0.15) is 12.8 Å². The summed E-state index contributed by atoms with van der Waals surface area (Å²) in [6.07, 6.45) is 6.50. The summed E-state index contributed by atoms with van der Waals surface area (Å²) in [5.74, 6) is -0.118. The van der Waals surface area contributed by atoms with E-state index in [9.17, 15) is 4.79 Å². The molecule has 0 unspecified atom stereocenters. The smallest absolute Gasteiger partial charge is 0.248 e. The third kappa shape index (κ3) is 2.28. The number of aliphatic hydroxyl groups excluding tert-OH is 1. The van der Waals surface area contributed by atoms with Gasteiger partial charge >= 0.3 is 0 Å². The highest BCUT2D eigenvalue weighted by Gasteiger charge is 2.52. The van der Waals surface area contributed by atoms with E-state index in [1.165, 1.54) is 6.08 Å². The summed E-state index contributed by atoms with van der Waals surface area (Å²) in [5, 5.41) is 15.9. The zero-order chi connectivity index (χ0) is 12.5. The van der Waals surface area contributed by atoms with Crippen LogP contribution in [-0.4, -0.2) is 33.4 Å². The van der Waals surface area contributed by atoms with Gasteiger partial charge in [0.25, 0.3) is 0 Å². The van der Waals surface area contributed by atoms with Crippen molar-refractivity contribution < 1.29 is 9.90 Å². The van der Waals surface area contributed by atoms with Crippen molar-refractivity contribution in [2.75, 3.05) is 6.61 Å². The van der Waals surface area contributed by atoms with E-state index in [4.69, 9.17) is 5.11 Å². The number of aliphatic hydroxyl groups is 1. The van der Waals surface area contributed by atoms with Crippen LogP contribution < -0.4 is 5.32 Å². The maximum atomic E-state index is 12.1. The summed E-state index contributed by atoms with van der Waals surface area (Å²) in [4.78, 5) is 12.1. The Morgan fingerprint density at radius 2 is 2.53 bits per heavy atom. The van der Waals surface area contributed by atoms with Crippen LogP contribution in [0.3, 0.4) is 0 Å². The highest BCUT2D eigenvalue weighted by molar-refractivity contribution is 9.10. The third-order valence-corrected chi connectivity index (χ3v) is 3.34. The first kappa shape index (κ1) is 12.3. The summed E-state index contributed by atoms with van der Waals surface area (Å²) in [5.41, 5.74) is -0.581. The Morgan fingerprint density at radius 3 is 2.94 bits per heavy atom. The largest absolute Gasteiger partial charge is 0.394 e. The quantitative estimate of drug-likeness (QED) is 0.790. The summed E-state index contributed by atoms with van der Waals surface area (Å²) >= 11 is 3.31. The standard InChI is InChI=1S/C11H14BrN3O2/c1-2-9(7-16)14-10(17)11(3-4-11)15-6-8(12)5-13-15/h2,5-6,9,16H,1,3-4,7H2,(H,14,17)/t9-/m1/s1. The van der Waals surface area contributed by atoms with Gasteiger partial charge in [0, 0.05) is 6.20 Å². The molecule has 92 valence electrons. The van der Waals surface area contributed by atoms with Crippen LogP contribution in [0.2, 0.25) is 0 Å². The average molecular weight is 300 g/mol. The van der Waals surface area contributed by atoms with Crippen molar-refractivity contribution in [3.05, 3.63) is 29.5 Å². The van der Waals surface area contributed by atoms with Crippen LogP contribution in [-0.2, 0) is 10.3 Å². The van der Waals surface area contributed by atoms with E-state index in [1.807, 2.05) is 0 Å². The monoisotopic (exact) mass is 299 g/mol. The number of halogens is 1. The molecule has 1 aromatic heterocycles. The number of nitrogens with one attached hydrogen (secondary N) is 1. The maximum absolute atomic E-state index is 12.1. The molecule has 1 fully saturated rings. The molecule has 1 heterocycles. The lowest BCUT2D eigenvalue weighted by atomic mass is 10.2. The second-order valence-electron chi connectivity index (χ2n) is 4.13. The number of carbonyl (C=O) groups is 1. The van der Waals surface area contributed by atoms with E-state index >= 15 is 0 Å². The van der Waals surface area contributed by atoms with Gasteiger partial charge in [-0.2, -0.15) is 5.10 Å². The number of nitrogens with zero attached hydrogens (tertiary/aromatic N) is 2. The fraction of sp³-hybridized carbons (Fsp3) is 0.455. The van der Waals surface area contributed by atoms with E-state index in [0.29, 0.717) is 0 Å². The molecule has 0 bridgehead atoms. The zero-order valence-electron chi connectivity index (χ0n) is 9.27. The number of hydrogen-bond donors (Lipinski definition) is 2. The predicted octanol–water partition coefficient (Wildman–Crippen LogP) is 0.798. The fourth-order valence-electron chi connectivity index (χ4n) is 1.70. The topological polar surface area (TPSA) is 67.2 Å². The van der Waals surface area contributed by atoms with E-state index < -0.39 is 11.6 Å². The van der Waals surface area contributed by atoms with Crippen molar-refractivity contribution in [3.8, 4) is 0 Å². The summed E-state index contributed by atoms with van der Waals surface area (Å²) < 4.78 is 2.52. The number of carbonyl (C=O) groups excluding carboxylic acids is 1. The molecule has 17 heavy (non-hydrogen) atoms. The van der Waals surface area contributed by atoms with Crippen LogP contribution in [0.15, 0.2) is 29.5 Å². The Hall–Kier alpha value is -1.14. The van der Waals surface area contributed by atoms with Gasteiger partial charge in [-0.1, -0.05) is 6.08 Å². The minimum atomic E-state index is -0.581. The molecule has 1 amide bonds. The van der Waals surface area contributed by atoms with Gasteiger partial charge in [0.05, 0.1) is 23.3 Å². The summed E-state index contributed by atoms with van der Waals surface area (Å²) in [6, 6.07) is -0.404. The van der Waals surface area contributed by atoms with Gasteiger partial charge in [-0.15, -0.1) is 6.58 Å². The van der Waals surface area contributed by atoms with Gasteiger partial charge in [-0.05, 0) is 28.8 Å². The SMILES string of the molecule is C=C[C@H](CO)NC(=O)C1(n2cc(Br)cn2)CC1. The lowest BCUT2D eigenvalue weighted by Gasteiger charge is -2.19. The molecule has 2 N–H and O–H groups in total. The van der Waals surface area contributed by atoms with Gasteiger partial charge in [-0.25, -0.2) is 0 Å². The highest BCUT2D eigenvalue weighted by atomic mass is 79.9. The fourth-order valence-corrected chi connectivity index (χ4v) is 1.98. The van der Waals surface area contributed by atoms with E-state index in [0.717, 1.165) is 17.3 Å². The second kappa shape index (κ2) is 4.62. The molecular weight excluding hydrogens is 286 g/mol. The van der Waals surface area contributed by atoms with Crippen LogP contribution in [0, 0.1) is 0 Å². The minimum absolute atomic E-state index is 0.118. The van der Waals surface area contributed by atoms with E-state index in [1.54, 1.807) is 17.1 Å². The van der Waals surface area contributed by atoms with Crippen LogP contribution >= 0.6 is 15.9 Å². The lowest BCUT2D eigenvalue weighted by molar-refractivity contribution is -0.126. The Kier molecular flexibility index (Phi) is 3.35. The Morgan fingerprint density at radius 1 is 1.82 bits per heavy atom. The normalized spacial score (nSPS) is 18.5. The Bertz CT molecular complexity index is 440. The molecule has 0 aliphatic heterocycles.